The number of hydrogen-bond donors (Lipinski definition) is 3. The van der Waals surface area contributed by atoms with Crippen molar-refractivity contribution >= 4 is 18.0 Å². The molecule has 7 nitrogen and oxygen atoms in total. The van der Waals surface area contributed by atoms with Crippen molar-refractivity contribution in [3.63, 3.8) is 0 Å². The van der Waals surface area contributed by atoms with Crippen molar-refractivity contribution in [2.45, 2.75) is 70.3 Å². The number of halogens is 5. The SMILES string of the molecule is CCOC(=O)NC1CCC(N=C(NC(=O)c2ccc(F)c(F)c2)NC(C)(C)C(F)(F)F)CC1. The molecule has 1 aromatic rings. The Hall–Kier alpha value is -2.92. The summed E-state index contributed by atoms with van der Waals surface area (Å²) in [5.41, 5.74) is -2.72. The molecule has 0 radical (unpaired) electrons. The molecule has 33 heavy (non-hydrogen) atoms. The van der Waals surface area contributed by atoms with E-state index in [2.05, 4.69) is 20.9 Å². The maximum atomic E-state index is 13.5. The number of carbonyl (C=O) groups is 2. The molecule has 1 aliphatic carbocycles. The van der Waals surface area contributed by atoms with Gasteiger partial charge in [-0.3, -0.25) is 10.1 Å². The summed E-state index contributed by atoms with van der Waals surface area (Å²) in [5, 5.41) is 7.15. The average Bonchev–Trinajstić information content (AvgIpc) is 2.70. The summed E-state index contributed by atoms with van der Waals surface area (Å²) >= 11 is 0. The number of nitrogens with one attached hydrogen (secondary N) is 3. The molecule has 1 saturated carbocycles. The second-order valence-corrected chi connectivity index (χ2v) is 8.18. The average molecular weight is 478 g/mol. The summed E-state index contributed by atoms with van der Waals surface area (Å²) in [6.07, 6.45) is -3.30. The van der Waals surface area contributed by atoms with E-state index in [-0.39, 0.29) is 18.2 Å². The highest BCUT2D eigenvalue weighted by atomic mass is 19.4. The van der Waals surface area contributed by atoms with E-state index in [4.69, 9.17) is 4.74 Å². The second kappa shape index (κ2) is 10.8. The summed E-state index contributed by atoms with van der Waals surface area (Å²) < 4.78 is 71.6. The van der Waals surface area contributed by atoms with Gasteiger partial charge in [-0.15, -0.1) is 0 Å². The summed E-state index contributed by atoms with van der Waals surface area (Å²) in [7, 11) is 0. The Kier molecular flexibility index (Phi) is 8.62. The molecular weight excluding hydrogens is 451 g/mol. The van der Waals surface area contributed by atoms with Crippen molar-refractivity contribution in [1.29, 1.82) is 0 Å². The molecule has 0 aromatic heterocycles. The van der Waals surface area contributed by atoms with E-state index < -0.39 is 47.4 Å². The van der Waals surface area contributed by atoms with Crippen LogP contribution < -0.4 is 16.0 Å². The molecule has 12 heteroatoms. The maximum Gasteiger partial charge on any atom is 0.410 e. The fourth-order valence-electron chi connectivity index (χ4n) is 3.15. The first-order valence-electron chi connectivity index (χ1n) is 10.4. The quantitative estimate of drug-likeness (QED) is 0.339. The van der Waals surface area contributed by atoms with E-state index in [0.717, 1.165) is 26.0 Å². The van der Waals surface area contributed by atoms with Crippen molar-refractivity contribution in [3.05, 3.63) is 35.4 Å². The van der Waals surface area contributed by atoms with Crippen LogP contribution in [0.25, 0.3) is 0 Å². The Morgan fingerprint density at radius 2 is 1.73 bits per heavy atom. The Balaban J connectivity index is 2.15. The number of alkyl carbamates (subject to hydrolysis) is 1. The fraction of sp³-hybridized carbons (Fsp3) is 0.571. The third-order valence-electron chi connectivity index (χ3n) is 5.16. The minimum atomic E-state index is -4.66. The van der Waals surface area contributed by atoms with Gasteiger partial charge in [0.1, 0.15) is 5.54 Å². The lowest BCUT2D eigenvalue weighted by Crippen LogP contribution is -2.58. The van der Waals surface area contributed by atoms with Gasteiger partial charge in [-0.2, -0.15) is 13.2 Å². The normalized spacial score (nSPS) is 19.6. The molecule has 0 bridgehead atoms. The van der Waals surface area contributed by atoms with Crippen LogP contribution in [0.5, 0.6) is 0 Å². The van der Waals surface area contributed by atoms with Crippen molar-refractivity contribution < 1.29 is 36.3 Å². The third kappa shape index (κ3) is 7.57. The summed E-state index contributed by atoms with van der Waals surface area (Å²) in [6.45, 7) is 3.67. The van der Waals surface area contributed by atoms with E-state index >= 15 is 0 Å². The maximum absolute atomic E-state index is 13.5. The van der Waals surface area contributed by atoms with Crippen LogP contribution in [-0.2, 0) is 4.74 Å². The third-order valence-corrected chi connectivity index (χ3v) is 5.16. The molecule has 1 fully saturated rings. The van der Waals surface area contributed by atoms with Crippen molar-refractivity contribution in [2.24, 2.45) is 4.99 Å². The van der Waals surface area contributed by atoms with Crippen LogP contribution in [0.2, 0.25) is 0 Å². The molecule has 0 unspecified atom stereocenters. The van der Waals surface area contributed by atoms with Crippen LogP contribution in [-0.4, -0.2) is 48.4 Å². The van der Waals surface area contributed by atoms with Crippen molar-refractivity contribution in [2.75, 3.05) is 6.61 Å². The van der Waals surface area contributed by atoms with Crippen LogP contribution in [0.3, 0.4) is 0 Å². The Morgan fingerprint density at radius 1 is 1.09 bits per heavy atom. The fourth-order valence-corrected chi connectivity index (χ4v) is 3.15. The zero-order valence-corrected chi connectivity index (χ0v) is 18.5. The largest absolute Gasteiger partial charge is 0.450 e. The van der Waals surface area contributed by atoms with Crippen LogP contribution in [0.15, 0.2) is 23.2 Å². The van der Waals surface area contributed by atoms with Crippen molar-refractivity contribution in [3.8, 4) is 0 Å². The molecule has 0 heterocycles. The van der Waals surface area contributed by atoms with Gasteiger partial charge in [0.05, 0.1) is 12.6 Å². The molecule has 3 N–H and O–H groups in total. The Labute approximate surface area is 188 Å². The minimum absolute atomic E-state index is 0.157. The van der Waals surface area contributed by atoms with Crippen LogP contribution >= 0.6 is 0 Å². The van der Waals surface area contributed by atoms with E-state index in [1.54, 1.807) is 6.92 Å². The molecular formula is C21H27F5N4O3. The van der Waals surface area contributed by atoms with Gasteiger partial charge in [-0.1, -0.05) is 0 Å². The number of carbonyl (C=O) groups excluding carboxylic acids is 2. The number of aliphatic imine (C=N–C) groups is 1. The molecule has 1 aliphatic rings. The predicted molar refractivity (Wildman–Crippen MR) is 111 cm³/mol. The smallest absolute Gasteiger partial charge is 0.410 e. The van der Waals surface area contributed by atoms with Gasteiger partial charge in [0.15, 0.2) is 17.6 Å². The summed E-state index contributed by atoms with van der Waals surface area (Å²) in [4.78, 5) is 28.3. The summed E-state index contributed by atoms with van der Waals surface area (Å²) in [5.74, 6) is -3.81. The van der Waals surface area contributed by atoms with Crippen molar-refractivity contribution in [1.82, 2.24) is 16.0 Å². The minimum Gasteiger partial charge on any atom is -0.450 e. The molecule has 0 atom stereocenters. The number of rotatable bonds is 5. The first-order chi connectivity index (χ1) is 15.3. The van der Waals surface area contributed by atoms with E-state index in [0.29, 0.717) is 31.7 Å². The lowest BCUT2D eigenvalue weighted by atomic mass is 9.91. The van der Waals surface area contributed by atoms with Gasteiger partial charge in [0.2, 0.25) is 0 Å². The van der Waals surface area contributed by atoms with Gasteiger partial charge in [0.25, 0.3) is 5.91 Å². The number of ether oxygens (including phenoxy) is 1. The molecule has 2 rings (SSSR count). The number of guanidine groups is 1. The number of amides is 2. The number of alkyl halides is 3. The van der Waals surface area contributed by atoms with E-state index in [9.17, 15) is 31.5 Å². The molecule has 0 spiro atoms. The van der Waals surface area contributed by atoms with E-state index in [1.807, 2.05) is 0 Å². The number of nitrogens with zero attached hydrogens (tertiary/aromatic N) is 1. The predicted octanol–water partition coefficient (Wildman–Crippen LogP) is 4.04. The zero-order valence-electron chi connectivity index (χ0n) is 18.5. The first kappa shape index (κ1) is 26.3. The van der Waals surface area contributed by atoms with Crippen LogP contribution in [0.1, 0.15) is 56.8 Å². The van der Waals surface area contributed by atoms with Gasteiger partial charge < -0.3 is 15.4 Å². The van der Waals surface area contributed by atoms with Crippen LogP contribution in [0.4, 0.5) is 26.7 Å². The standard InChI is InChI=1S/C21H27F5N4O3/c1-4-33-19(32)28-14-8-6-13(7-9-14)27-18(30-20(2,3)21(24,25)26)29-17(31)12-5-10-15(22)16(23)11-12/h5,10-11,13-14H,4,6-9H2,1-3H3,(H,28,32)(H2,27,29,30,31). The number of benzene rings is 1. The molecule has 0 aliphatic heterocycles. The van der Waals surface area contributed by atoms with Gasteiger partial charge in [0, 0.05) is 11.6 Å². The Bertz CT molecular complexity index is 881. The van der Waals surface area contributed by atoms with Gasteiger partial charge in [-0.25, -0.2) is 18.6 Å². The second-order valence-electron chi connectivity index (χ2n) is 8.18. The highest BCUT2D eigenvalue weighted by Crippen LogP contribution is 2.29. The molecule has 0 saturated heterocycles. The lowest BCUT2D eigenvalue weighted by Gasteiger charge is -2.32. The zero-order chi connectivity index (χ0) is 24.8. The van der Waals surface area contributed by atoms with Crippen LogP contribution in [0, 0.1) is 11.6 Å². The Morgan fingerprint density at radius 3 is 2.27 bits per heavy atom. The topological polar surface area (TPSA) is 91.8 Å². The molecule has 184 valence electrons. The highest BCUT2D eigenvalue weighted by molar-refractivity contribution is 6.05. The monoisotopic (exact) mass is 478 g/mol. The van der Waals surface area contributed by atoms with Gasteiger partial charge >= 0.3 is 12.3 Å². The van der Waals surface area contributed by atoms with Gasteiger partial charge in [-0.05, 0) is 64.7 Å². The summed E-state index contributed by atoms with van der Waals surface area (Å²) in [6, 6.07) is 1.81. The van der Waals surface area contributed by atoms with E-state index in [1.165, 1.54) is 0 Å². The first-order valence-corrected chi connectivity index (χ1v) is 10.4. The highest BCUT2D eigenvalue weighted by Gasteiger charge is 2.48. The molecule has 1 aromatic carbocycles. The molecule has 2 amide bonds. The lowest BCUT2D eigenvalue weighted by molar-refractivity contribution is -0.181. The number of hydrogen-bond acceptors (Lipinski definition) is 4.